The van der Waals surface area contributed by atoms with E-state index in [1.807, 2.05) is 36.4 Å². The average Bonchev–Trinajstić information content (AvgIpc) is 3.24. The van der Waals surface area contributed by atoms with Crippen LogP contribution in [0.25, 0.3) is 11.4 Å². The molecule has 1 aromatic heterocycles. The van der Waals surface area contributed by atoms with Crippen LogP contribution in [0.4, 0.5) is 0 Å². The molecule has 0 spiro atoms. The minimum atomic E-state index is 0.243. The summed E-state index contributed by atoms with van der Waals surface area (Å²) in [6.07, 6.45) is 0. The van der Waals surface area contributed by atoms with Crippen LogP contribution in [-0.4, -0.2) is 34.1 Å². The van der Waals surface area contributed by atoms with Crippen LogP contribution in [0.15, 0.2) is 40.9 Å². The van der Waals surface area contributed by atoms with Gasteiger partial charge in [-0.05, 0) is 35.0 Å². The maximum Gasteiger partial charge on any atom is 0.231 e. The number of hydrogen-bond acceptors (Lipinski definition) is 6. The van der Waals surface area contributed by atoms with Gasteiger partial charge >= 0.3 is 0 Å². The van der Waals surface area contributed by atoms with Crippen molar-refractivity contribution in [1.82, 2.24) is 20.2 Å². The monoisotopic (exact) mass is 388 g/mol. The molecule has 0 fully saturated rings. The first-order chi connectivity index (χ1) is 11.7. The summed E-state index contributed by atoms with van der Waals surface area (Å²) in [5.41, 5.74) is 1.83. The highest BCUT2D eigenvalue weighted by Crippen LogP contribution is 2.37. The van der Waals surface area contributed by atoms with Gasteiger partial charge in [0.25, 0.3) is 0 Å². The fourth-order valence-electron chi connectivity index (χ4n) is 2.42. The van der Waals surface area contributed by atoms with Crippen LogP contribution in [0.5, 0.6) is 17.2 Å². The summed E-state index contributed by atoms with van der Waals surface area (Å²) in [7, 11) is 1.63. The summed E-state index contributed by atoms with van der Waals surface area (Å²) in [6, 6.07) is 11.4. The molecule has 0 saturated carbocycles. The van der Waals surface area contributed by atoms with Crippen LogP contribution in [0.2, 0.25) is 0 Å². The van der Waals surface area contributed by atoms with E-state index in [-0.39, 0.29) is 6.79 Å². The number of methoxy groups -OCH3 is 1. The fraction of sp³-hybridized carbons (Fsp3) is 0.188. The molecular weight excluding hydrogens is 376 g/mol. The first-order valence-electron chi connectivity index (χ1n) is 7.23. The standard InChI is InChI=1S/C16H13BrN4O3/c1-22-12-4-2-3-10(5-12)16-18-20-21(19-16)8-11-6-14-15(7-13(11)17)24-9-23-14/h2-7H,8-9H2,1H3. The predicted octanol–water partition coefficient (Wildman–Crippen LogP) is 2.89. The Balaban J connectivity index is 1.59. The quantitative estimate of drug-likeness (QED) is 0.684. The van der Waals surface area contributed by atoms with E-state index in [0.29, 0.717) is 12.4 Å². The van der Waals surface area contributed by atoms with Gasteiger partial charge < -0.3 is 14.2 Å². The van der Waals surface area contributed by atoms with E-state index in [4.69, 9.17) is 14.2 Å². The third kappa shape index (κ3) is 2.80. The van der Waals surface area contributed by atoms with Crippen molar-refractivity contribution in [2.75, 3.05) is 13.9 Å². The summed E-state index contributed by atoms with van der Waals surface area (Å²) in [4.78, 5) is 1.54. The highest BCUT2D eigenvalue weighted by molar-refractivity contribution is 9.10. The SMILES string of the molecule is COc1cccc(-c2nnn(Cc3cc4c(cc3Br)OCO4)n2)c1. The molecule has 2 aromatic carbocycles. The van der Waals surface area contributed by atoms with Crippen LogP contribution in [-0.2, 0) is 6.54 Å². The third-order valence-corrected chi connectivity index (χ3v) is 4.37. The normalized spacial score (nSPS) is 12.4. The predicted molar refractivity (Wildman–Crippen MR) is 89.2 cm³/mol. The Bertz CT molecular complexity index is 897. The van der Waals surface area contributed by atoms with Crippen molar-refractivity contribution in [3.05, 3.63) is 46.4 Å². The second-order valence-corrected chi connectivity index (χ2v) is 6.03. The summed E-state index contributed by atoms with van der Waals surface area (Å²) < 4.78 is 16.9. The van der Waals surface area contributed by atoms with E-state index in [2.05, 4.69) is 31.3 Å². The molecule has 122 valence electrons. The number of rotatable bonds is 4. The van der Waals surface area contributed by atoms with Crippen molar-refractivity contribution in [3.8, 4) is 28.6 Å². The van der Waals surface area contributed by atoms with Crippen molar-refractivity contribution in [1.29, 1.82) is 0 Å². The van der Waals surface area contributed by atoms with Crippen LogP contribution in [0.3, 0.4) is 0 Å². The number of halogens is 1. The van der Waals surface area contributed by atoms with E-state index in [1.165, 1.54) is 4.80 Å². The van der Waals surface area contributed by atoms with E-state index < -0.39 is 0 Å². The van der Waals surface area contributed by atoms with Crippen LogP contribution in [0.1, 0.15) is 5.56 Å². The van der Waals surface area contributed by atoms with E-state index in [9.17, 15) is 0 Å². The summed E-state index contributed by atoms with van der Waals surface area (Å²) >= 11 is 3.54. The third-order valence-electron chi connectivity index (χ3n) is 3.63. The molecule has 0 amide bonds. The molecule has 2 heterocycles. The summed E-state index contributed by atoms with van der Waals surface area (Å²) in [6.45, 7) is 0.709. The van der Waals surface area contributed by atoms with Crippen molar-refractivity contribution >= 4 is 15.9 Å². The van der Waals surface area contributed by atoms with Gasteiger partial charge in [0, 0.05) is 10.0 Å². The van der Waals surface area contributed by atoms with Gasteiger partial charge in [0.2, 0.25) is 12.6 Å². The van der Waals surface area contributed by atoms with E-state index in [1.54, 1.807) is 7.11 Å². The molecule has 0 radical (unpaired) electrons. The van der Waals surface area contributed by atoms with Gasteiger partial charge in [0.15, 0.2) is 11.5 Å². The molecule has 3 aromatic rings. The molecule has 0 N–H and O–H groups in total. The lowest BCUT2D eigenvalue weighted by Crippen LogP contribution is -2.04. The first-order valence-corrected chi connectivity index (χ1v) is 8.02. The Morgan fingerprint density at radius 1 is 1.21 bits per heavy atom. The molecule has 7 nitrogen and oxygen atoms in total. The Morgan fingerprint density at radius 3 is 2.88 bits per heavy atom. The lowest BCUT2D eigenvalue weighted by Gasteiger charge is -2.05. The molecule has 1 aliphatic heterocycles. The highest BCUT2D eigenvalue weighted by atomic mass is 79.9. The number of aromatic nitrogens is 4. The molecule has 1 aliphatic rings. The van der Waals surface area contributed by atoms with Crippen molar-refractivity contribution in [3.63, 3.8) is 0 Å². The largest absolute Gasteiger partial charge is 0.497 e. The van der Waals surface area contributed by atoms with Crippen molar-refractivity contribution in [2.24, 2.45) is 0 Å². The van der Waals surface area contributed by atoms with Gasteiger partial charge in [-0.15, -0.1) is 10.2 Å². The number of nitrogens with zero attached hydrogens (tertiary/aromatic N) is 4. The Hall–Kier alpha value is -2.61. The zero-order valence-corrected chi connectivity index (χ0v) is 14.4. The molecule has 24 heavy (non-hydrogen) atoms. The van der Waals surface area contributed by atoms with Gasteiger partial charge in [0.05, 0.1) is 13.7 Å². The summed E-state index contributed by atoms with van der Waals surface area (Å²) in [5, 5.41) is 12.7. The second kappa shape index (κ2) is 6.12. The zero-order valence-electron chi connectivity index (χ0n) is 12.8. The number of tetrazole rings is 1. The topological polar surface area (TPSA) is 71.3 Å². The molecule has 0 saturated heterocycles. The Morgan fingerprint density at radius 2 is 2.04 bits per heavy atom. The minimum Gasteiger partial charge on any atom is -0.497 e. The van der Waals surface area contributed by atoms with Gasteiger partial charge in [-0.1, -0.05) is 28.1 Å². The van der Waals surface area contributed by atoms with Gasteiger partial charge in [-0.25, -0.2) is 0 Å². The van der Waals surface area contributed by atoms with Gasteiger partial charge in [0.1, 0.15) is 5.75 Å². The lowest BCUT2D eigenvalue weighted by molar-refractivity contribution is 0.174. The zero-order chi connectivity index (χ0) is 16.5. The van der Waals surface area contributed by atoms with Gasteiger partial charge in [-0.3, -0.25) is 0 Å². The van der Waals surface area contributed by atoms with Gasteiger partial charge in [-0.2, -0.15) is 4.80 Å². The fourth-order valence-corrected chi connectivity index (χ4v) is 2.87. The first kappa shape index (κ1) is 14.9. The molecule has 0 atom stereocenters. The highest BCUT2D eigenvalue weighted by Gasteiger charge is 2.17. The number of ether oxygens (including phenoxy) is 3. The molecule has 0 unspecified atom stereocenters. The van der Waals surface area contributed by atoms with Crippen molar-refractivity contribution < 1.29 is 14.2 Å². The smallest absolute Gasteiger partial charge is 0.231 e. The summed E-state index contributed by atoms with van der Waals surface area (Å²) in [5.74, 6) is 2.75. The molecule has 0 aliphatic carbocycles. The number of hydrogen-bond donors (Lipinski definition) is 0. The Labute approximate surface area is 146 Å². The van der Waals surface area contributed by atoms with E-state index >= 15 is 0 Å². The Kier molecular flexibility index (Phi) is 3.81. The lowest BCUT2D eigenvalue weighted by atomic mass is 10.2. The second-order valence-electron chi connectivity index (χ2n) is 5.17. The maximum absolute atomic E-state index is 5.41. The maximum atomic E-state index is 5.41. The molecule has 8 heteroatoms. The number of benzene rings is 2. The average molecular weight is 389 g/mol. The molecule has 0 bridgehead atoms. The van der Waals surface area contributed by atoms with Crippen LogP contribution >= 0.6 is 15.9 Å². The van der Waals surface area contributed by atoms with E-state index in [0.717, 1.165) is 32.8 Å². The van der Waals surface area contributed by atoms with Crippen LogP contribution < -0.4 is 14.2 Å². The van der Waals surface area contributed by atoms with Crippen LogP contribution in [0, 0.1) is 0 Å². The number of fused-ring (bicyclic) bond motifs is 1. The minimum absolute atomic E-state index is 0.243. The molecular formula is C16H13BrN4O3. The van der Waals surface area contributed by atoms with Crippen molar-refractivity contribution in [2.45, 2.75) is 6.54 Å². The molecule has 4 rings (SSSR count).